The first-order chi connectivity index (χ1) is 8.35. The molecule has 0 bridgehead atoms. The van der Waals surface area contributed by atoms with Gasteiger partial charge in [0.15, 0.2) is 0 Å². The molecule has 1 aromatic carbocycles. The lowest BCUT2D eigenvalue weighted by molar-refractivity contribution is 0.209. The number of fused-ring (bicyclic) bond motifs is 1. The molecule has 88 valence electrons. The molecular weight excluding hydrogens is 236 g/mol. The summed E-state index contributed by atoms with van der Waals surface area (Å²) in [6.45, 7) is 0.818. The molecular formula is C13H13ClN2O. The Hall–Kier alpha value is -1.48. The van der Waals surface area contributed by atoms with Gasteiger partial charge in [0.25, 0.3) is 0 Å². The van der Waals surface area contributed by atoms with E-state index in [9.17, 15) is 0 Å². The number of hydrogen-bond donors (Lipinski definition) is 0. The van der Waals surface area contributed by atoms with Gasteiger partial charge in [-0.15, -0.1) is 11.6 Å². The van der Waals surface area contributed by atoms with Crippen LogP contribution in [0.4, 0.5) is 0 Å². The zero-order valence-electron chi connectivity index (χ0n) is 9.34. The smallest absolute Gasteiger partial charge is 0.123 e. The lowest BCUT2D eigenvalue weighted by Gasteiger charge is -2.10. The standard InChI is InChI=1S/C13H13ClN2O/c14-6-11-7-16(9-15-11)8-12-5-10-3-1-2-4-13(10)17-12/h1-4,7,9,12H,5-6,8H2. The number of halogens is 1. The fourth-order valence-corrected chi connectivity index (χ4v) is 2.30. The summed E-state index contributed by atoms with van der Waals surface area (Å²) in [5, 5.41) is 0. The average Bonchev–Trinajstić information content (AvgIpc) is 2.94. The Morgan fingerprint density at radius 1 is 1.41 bits per heavy atom. The molecule has 0 fully saturated rings. The molecule has 0 N–H and O–H groups in total. The van der Waals surface area contributed by atoms with Crippen LogP contribution in [-0.4, -0.2) is 15.7 Å². The lowest BCUT2D eigenvalue weighted by atomic mass is 10.1. The highest BCUT2D eigenvalue weighted by Crippen LogP contribution is 2.28. The van der Waals surface area contributed by atoms with Gasteiger partial charge in [0.05, 0.1) is 24.4 Å². The van der Waals surface area contributed by atoms with E-state index in [0.29, 0.717) is 5.88 Å². The number of hydrogen-bond acceptors (Lipinski definition) is 2. The summed E-state index contributed by atoms with van der Waals surface area (Å²) in [5.41, 5.74) is 2.19. The van der Waals surface area contributed by atoms with E-state index >= 15 is 0 Å². The number of aromatic nitrogens is 2. The van der Waals surface area contributed by atoms with Gasteiger partial charge >= 0.3 is 0 Å². The van der Waals surface area contributed by atoms with Gasteiger partial charge in [-0.3, -0.25) is 0 Å². The summed E-state index contributed by atoms with van der Waals surface area (Å²) < 4.78 is 7.91. The van der Waals surface area contributed by atoms with Gasteiger partial charge in [0, 0.05) is 12.6 Å². The third-order valence-corrected chi connectivity index (χ3v) is 3.23. The molecule has 1 aromatic heterocycles. The molecule has 0 radical (unpaired) electrons. The Balaban J connectivity index is 1.69. The maximum atomic E-state index is 5.87. The highest BCUT2D eigenvalue weighted by atomic mass is 35.5. The van der Waals surface area contributed by atoms with Crippen molar-refractivity contribution < 1.29 is 4.74 Å². The predicted octanol–water partition coefficient (Wildman–Crippen LogP) is 2.63. The van der Waals surface area contributed by atoms with Crippen molar-refractivity contribution in [3.63, 3.8) is 0 Å². The molecule has 0 aliphatic carbocycles. The van der Waals surface area contributed by atoms with Crippen molar-refractivity contribution >= 4 is 11.6 Å². The molecule has 1 unspecified atom stereocenters. The largest absolute Gasteiger partial charge is 0.488 e. The molecule has 3 rings (SSSR count). The molecule has 0 saturated carbocycles. The first-order valence-corrected chi connectivity index (χ1v) is 6.20. The maximum absolute atomic E-state index is 5.87. The van der Waals surface area contributed by atoms with E-state index < -0.39 is 0 Å². The van der Waals surface area contributed by atoms with E-state index in [-0.39, 0.29) is 6.10 Å². The molecule has 3 nitrogen and oxygen atoms in total. The monoisotopic (exact) mass is 248 g/mol. The number of benzene rings is 1. The molecule has 1 atom stereocenters. The van der Waals surface area contributed by atoms with Crippen LogP contribution in [0.1, 0.15) is 11.3 Å². The number of ether oxygens (including phenoxy) is 1. The van der Waals surface area contributed by atoms with Crippen molar-refractivity contribution in [2.75, 3.05) is 0 Å². The minimum atomic E-state index is 0.199. The number of para-hydroxylation sites is 1. The fourth-order valence-electron chi connectivity index (χ4n) is 2.17. The summed E-state index contributed by atoms with van der Waals surface area (Å²) in [7, 11) is 0. The minimum Gasteiger partial charge on any atom is -0.488 e. The summed E-state index contributed by atoms with van der Waals surface area (Å²) in [5.74, 6) is 1.47. The maximum Gasteiger partial charge on any atom is 0.123 e. The molecule has 1 aliphatic heterocycles. The lowest BCUT2D eigenvalue weighted by Crippen LogP contribution is -2.19. The number of alkyl halides is 1. The van der Waals surface area contributed by atoms with E-state index in [2.05, 4.69) is 11.1 Å². The minimum absolute atomic E-state index is 0.199. The second kappa shape index (κ2) is 4.41. The second-order valence-corrected chi connectivity index (χ2v) is 4.51. The van der Waals surface area contributed by atoms with Gasteiger partial charge in [0.1, 0.15) is 11.9 Å². The molecule has 0 saturated heterocycles. The first kappa shape index (κ1) is 10.7. The van der Waals surface area contributed by atoms with Gasteiger partial charge in [0.2, 0.25) is 0 Å². The summed E-state index contributed by atoms with van der Waals surface area (Å²) in [6.07, 6.45) is 4.94. The van der Waals surface area contributed by atoms with Crippen LogP contribution in [0.5, 0.6) is 5.75 Å². The normalized spacial score (nSPS) is 17.8. The highest BCUT2D eigenvalue weighted by Gasteiger charge is 2.22. The summed E-state index contributed by atoms with van der Waals surface area (Å²) >= 11 is 5.72. The van der Waals surface area contributed by atoms with Crippen molar-refractivity contribution in [2.24, 2.45) is 0 Å². The van der Waals surface area contributed by atoms with Crippen LogP contribution in [0, 0.1) is 0 Å². The van der Waals surface area contributed by atoms with Gasteiger partial charge in [-0.1, -0.05) is 18.2 Å². The van der Waals surface area contributed by atoms with Crippen molar-refractivity contribution in [1.82, 2.24) is 9.55 Å². The summed E-state index contributed by atoms with van der Waals surface area (Å²) in [4.78, 5) is 4.20. The van der Waals surface area contributed by atoms with Crippen LogP contribution in [0.2, 0.25) is 0 Å². The zero-order chi connectivity index (χ0) is 11.7. The molecule has 1 aliphatic rings. The quantitative estimate of drug-likeness (QED) is 0.781. The van der Waals surface area contributed by atoms with Gasteiger partial charge in [-0.05, 0) is 11.6 Å². The molecule has 0 spiro atoms. The van der Waals surface area contributed by atoms with Crippen molar-refractivity contribution in [2.45, 2.75) is 24.9 Å². The molecule has 4 heteroatoms. The Labute approximate surface area is 105 Å². The van der Waals surface area contributed by atoms with Crippen LogP contribution in [0.15, 0.2) is 36.8 Å². The second-order valence-electron chi connectivity index (χ2n) is 4.25. The number of rotatable bonds is 3. The van der Waals surface area contributed by atoms with Crippen LogP contribution < -0.4 is 4.74 Å². The van der Waals surface area contributed by atoms with E-state index in [4.69, 9.17) is 16.3 Å². The fraction of sp³-hybridized carbons (Fsp3) is 0.308. The van der Waals surface area contributed by atoms with Gasteiger partial charge in [-0.25, -0.2) is 4.98 Å². The highest BCUT2D eigenvalue weighted by molar-refractivity contribution is 6.16. The van der Waals surface area contributed by atoms with Gasteiger partial charge < -0.3 is 9.30 Å². The summed E-state index contributed by atoms with van der Waals surface area (Å²) in [6, 6.07) is 8.19. The number of imidazole rings is 1. The molecule has 2 heterocycles. The van der Waals surface area contributed by atoms with Gasteiger partial charge in [-0.2, -0.15) is 0 Å². The van der Waals surface area contributed by atoms with E-state index in [0.717, 1.165) is 24.4 Å². The van der Waals surface area contributed by atoms with Crippen LogP contribution >= 0.6 is 11.6 Å². The Kier molecular flexibility index (Phi) is 2.77. The Morgan fingerprint density at radius 2 is 2.29 bits per heavy atom. The third-order valence-electron chi connectivity index (χ3n) is 2.95. The van der Waals surface area contributed by atoms with Crippen LogP contribution in [0.25, 0.3) is 0 Å². The Morgan fingerprint density at radius 3 is 3.06 bits per heavy atom. The van der Waals surface area contributed by atoms with Crippen LogP contribution in [-0.2, 0) is 18.8 Å². The average molecular weight is 249 g/mol. The topological polar surface area (TPSA) is 27.1 Å². The van der Waals surface area contributed by atoms with Crippen molar-refractivity contribution in [3.8, 4) is 5.75 Å². The predicted molar refractivity (Wildman–Crippen MR) is 66.3 cm³/mol. The van der Waals surface area contributed by atoms with Crippen LogP contribution in [0.3, 0.4) is 0 Å². The zero-order valence-corrected chi connectivity index (χ0v) is 10.1. The SMILES string of the molecule is ClCc1cn(CC2Cc3ccccc3O2)cn1. The van der Waals surface area contributed by atoms with E-state index in [1.165, 1.54) is 5.56 Å². The van der Waals surface area contributed by atoms with E-state index in [1.54, 1.807) is 0 Å². The first-order valence-electron chi connectivity index (χ1n) is 5.66. The van der Waals surface area contributed by atoms with E-state index in [1.807, 2.05) is 35.3 Å². The number of nitrogens with zero attached hydrogens (tertiary/aromatic N) is 2. The molecule has 2 aromatic rings. The third kappa shape index (κ3) is 2.15. The van der Waals surface area contributed by atoms with Crippen molar-refractivity contribution in [1.29, 1.82) is 0 Å². The molecule has 0 amide bonds. The van der Waals surface area contributed by atoms with Crippen molar-refractivity contribution in [3.05, 3.63) is 48.0 Å². The Bertz CT molecular complexity index is 499. The molecule has 17 heavy (non-hydrogen) atoms.